The first kappa shape index (κ1) is 15.0. The fourth-order valence-corrected chi connectivity index (χ4v) is 4.34. The third-order valence-corrected chi connectivity index (χ3v) is 6.26. The molecule has 0 bridgehead atoms. The van der Waals surface area contributed by atoms with Crippen molar-refractivity contribution in [1.29, 1.82) is 0 Å². The summed E-state index contributed by atoms with van der Waals surface area (Å²) in [5, 5.41) is 4.62. The van der Waals surface area contributed by atoms with E-state index >= 15 is 0 Å². The van der Waals surface area contributed by atoms with Crippen LogP contribution in [0.3, 0.4) is 0 Å². The molecule has 0 N–H and O–H groups in total. The van der Waals surface area contributed by atoms with E-state index in [9.17, 15) is 4.79 Å². The first-order valence-corrected chi connectivity index (χ1v) is 9.07. The summed E-state index contributed by atoms with van der Waals surface area (Å²) < 4.78 is 3.11. The second kappa shape index (κ2) is 6.44. The van der Waals surface area contributed by atoms with Gasteiger partial charge in [0.05, 0.1) is 26.8 Å². The van der Waals surface area contributed by atoms with E-state index in [1.807, 2.05) is 25.3 Å². The number of carbonyl (C=O) groups is 1. The molecular formula is C16H19BrN2OS. The molecule has 3 nitrogen and oxygen atoms in total. The smallest absolute Gasteiger partial charge is 0.178 e. The lowest BCUT2D eigenvalue weighted by Crippen LogP contribution is -2.14. The zero-order chi connectivity index (χ0) is 14.8. The molecule has 3 rings (SSSR count). The molecule has 0 spiro atoms. The van der Waals surface area contributed by atoms with Gasteiger partial charge in [0.1, 0.15) is 0 Å². The molecule has 21 heavy (non-hydrogen) atoms. The number of rotatable bonds is 4. The summed E-state index contributed by atoms with van der Waals surface area (Å²) in [6.45, 7) is 2.01. The number of aromatic nitrogens is 2. The van der Waals surface area contributed by atoms with E-state index in [4.69, 9.17) is 0 Å². The minimum absolute atomic E-state index is 0.155. The highest BCUT2D eigenvalue weighted by Crippen LogP contribution is 2.29. The molecule has 0 aliphatic heterocycles. The molecule has 0 aromatic carbocycles. The monoisotopic (exact) mass is 366 g/mol. The molecule has 0 unspecified atom stereocenters. The highest BCUT2D eigenvalue weighted by atomic mass is 79.9. The molecule has 1 aliphatic carbocycles. The molecule has 1 aliphatic rings. The highest BCUT2D eigenvalue weighted by molar-refractivity contribution is 9.11. The minimum Gasteiger partial charge on any atom is -0.293 e. The number of thiophene rings is 1. The Balaban J connectivity index is 1.67. The van der Waals surface area contributed by atoms with Crippen molar-refractivity contribution in [2.24, 2.45) is 0 Å². The van der Waals surface area contributed by atoms with Crippen LogP contribution in [0.2, 0.25) is 0 Å². The van der Waals surface area contributed by atoms with Crippen LogP contribution in [0.5, 0.6) is 0 Å². The maximum atomic E-state index is 12.3. The van der Waals surface area contributed by atoms with Gasteiger partial charge < -0.3 is 0 Å². The summed E-state index contributed by atoms with van der Waals surface area (Å²) in [5.74, 6) is 0.155. The molecule has 0 radical (unpaired) electrons. The molecule has 2 aromatic rings. The Bertz CT molecular complexity index is 621. The van der Waals surface area contributed by atoms with Crippen LogP contribution in [0, 0.1) is 6.92 Å². The number of Topliss-reactive ketones (excluding diaryl/α,β-unsaturated/α-hetero) is 1. The van der Waals surface area contributed by atoms with E-state index in [0.717, 1.165) is 19.9 Å². The number of carbonyl (C=O) groups excluding carboxylic acids is 1. The number of hydrogen-bond acceptors (Lipinski definition) is 3. The largest absolute Gasteiger partial charge is 0.293 e. The van der Waals surface area contributed by atoms with Crippen LogP contribution in [-0.4, -0.2) is 15.6 Å². The summed E-state index contributed by atoms with van der Waals surface area (Å²) in [5.41, 5.74) is 2.00. The Hall–Kier alpha value is -0.940. The summed E-state index contributed by atoms with van der Waals surface area (Å²) in [6.07, 6.45) is 8.79. The van der Waals surface area contributed by atoms with Crippen LogP contribution in [0.25, 0.3) is 0 Å². The molecule has 0 saturated heterocycles. The third kappa shape index (κ3) is 3.46. The predicted octanol–water partition coefficient (Wildman–Crippen LogP) is 4.95. The van der Waals surface area contributed by atoms with Gasteiger partial charge >= 0.3 is 0 Å². The molecule has 0 amide bonds. The molecule has 112 valence electrons. The number of nitrogens with zero attached hydrogens (tertiary/aromatic N) is 2. The van der Waals surface area contributed by atoms with Crippen LogP contribution < -0.4 is 0 Å². The van der Waals surface area contributed by atoms with E-state index in [1.54, 1.807) is 0 Å². The van der Waals surface area contributed by atoms with Gasteiger partial charge in [-0.15, -0.1) is 11.3 Å². The number of hydrogen-bond donors (Lipinski definition) is 0. The Morgan fingerprint density at radius 1 is 1.43 bits per heavy atom. The zero-order valence-electron chi connectivity index (χ0n) is 12.1. The average Bonchev–Trinajstić information content (AvgIpc) is 3.08. The Labute approximate surface area is 137 Å². The minimum atomic E-state index is 0.155. The first-order valence-electron chi connectivity index (χ1n) is 7.46. The van der Waals surface area contributed by atoms with E-state index in [1.165, 1.54) is 43.4 Å². The highest BCUT2D eigenvalue weighted by Gasteiger charge is 2.18. The second-order valence-corrected chi connectivity index (χ2v) is 8.12. The van der Waals surface area contributed by atoms with Gasteiger partial charge in [0, 0.05) is 6.20 Å². The Kier molecular flexibility index (Phi) is 4.60. The maximum Gasteiger partial charge on any atom is 0.178 e. The molecule has 1 fully saturated rings. The van der Waals surface area contributed by atoms with Gasteiger partial charge in [-0.25, -0.2) is 0 Å². The lowest BCUT2D eigenvalue weighted by atomic mass is 9.96. The number of aryl methyl sites for hydroxylation is 1. The van der Waals surface area contributed by atoms with Crippen LogP contribution in [0.1, 0.15) is 59.1 Å². The van der Waals surface area contributed by atoms with E-state index < -0.39 is 0 Å². The Morgan fingerprint density at radius 2 is 2.19 bits per heavy atom. The van der Waals surface area contributed by atoms with Crippen molar-refractivity contribution in [2.45, 2.75) is 51.5 Å². The maximum absolute atomic E-state index is 12.3. The SMILES string of the molecule is Cc1cc(C(=O)Cc2ccn(C3CCCCC3)n2)sc1Br. The van der Waals surface area contributed by atoms with Gasteiger partial charge in [-0.3, -0.25) is 9.48 Å². The van der Waals surface area contributed by atoms with Crippen LogP contribution in [0.15, 0.2) is 22.1 Å². The van der Waals surface area contributed by atoms with Gasteiger partial charge in [0.2, 0.25) is 0 Å². The van der Waals surface area contributed by atoms with Crippen LogP contribution in [0.4, 0.5) is 0 Å². The summed E-state index contributed by atoms with van der Waals surface area (Å²) in [6, 6.07) is 4.47. The van der Waals surface area contributed by atoms with Crippen LogP contribution >= 0.6 is 27.3 Å². The number of ketones is 1. The lowest BCUT2D eigenvalue weighted by Gasteiger charge is -2.21. The van der Waals surface area contributed by atoms with E-state index in [0.29, 0.717) is 12.5 Å². The molecule has 2 heterocycles. The number of halogens is 1. The second-order valence-electron chi connectivity index (χ2n) is 5.75. The van der Waals surface area contributed by atoms with Crippen molar-refractivity contribution < 1.29 is 4.79 Å². The van der Waals surface area contributed by atoms with Crippen LogP contribution in [-0.2, 0) is 6.42 Å². The molecular weight excluding hydrogens is 348 g/mol. The first-order chi connectivity index (χ1) is 10.1. The van der Waals surface area contributed by atoms with Gasteiger partial charge in [-0.05, 0) is 53.4 Å². The standard InChI is InChI=1S/C16H19BrN2OS/c1-11-9-15(21-16(11)17)14(20)10-12-7-8-19(18-12)13-5-3-2-4-6-13/h7-9,13H,2-6,10H2,1H3. The molecule has 0 atom stereocenters. The van der Waals surface area contributed by atoms with Gasteiger partial charge in [-0.1, -0.05) is 19.3 Å². The van der Waals surface area contributed by atoms with E-state index in [2.05, 4.69) is 25.7 Å². The third-order valence-electron chi connectivity index (χ3n) is 4.09. The Morgan fingerprint density at radius 3 is 2.86 bits per heavy atom. The van der Waals surface area contributed by atoms with Crippen molar-refractivity contribution in [3.8, 4) is 0 Å². The quantitative estimate of drug-likeness (QED) is 0.717. The summed E-state index contributed by atoms with van der Waals surface area (Å²) in [7, 11) is 0. The van der Waals surface area contributed by atoms with Crippen molar-refractivity contribution in [2.75, 3.05) is 0 Å². The van der Waals surface area contributed by atoms with Gasteiger partial charge in [-0.2, -0.15) is 5.10 Å². The van der Waals surface area contributed by atoms with Gasteiger partial charge in [0.15, 0.2) is 5.78 Å². The van der Waals surface area contributed by atoms with E-state index in [-0.39, 0.29) is 5.78 Å². The zero-order valence-corrected chi connectivity index (χ0v) is 14.5. The lowest BCUT2D eigenvalue weighted by molar-refractivity contribution is 0.0995. The summed E-state index contributed by atoms with van der Waals surface area (Å²) >= 11 is 4.98. The molecule has 5 heteroatoms. The van der Waals surface area contributed by atoms with Gasteiger partial charge in [0.25, 0.3) is 0 Å². The van der Waals surface area contributed by atoms with Crippen molar-refractivity contribution in [3.05, 3.63) is 38.3 Å². The molecule has 1 saturated carbocycles. The predicted molar refractivity (Wildman–Crippen MR) is 89.1 cm³/mol. The molecule has 2 aromatic heterocycles. The van der Waals surface area contributed by atoms with Crippen molar-refractivity contribution in [3.63, 3.8) is 0 Å². The van der Waals surface area contributed by atoms with Crippen molar-refractivity contribution >= 4 is 33.0 Å². The topological polar surface area (TPSA) is 34.9 Å². The fraction of sp³-hybridized carbons (Fsp3) is 0.500. The van der Waals surface area contributed by atoms with Crippen molar-refractivity contribution in [1.82, 2.24) is 9.78 Å². The fourth-order valence-electron chi connectivity index (χ4n) is 2.87. The average molecular weight is 367 g/mol. The summed E-state index contributed by atoms with van der Waals surface area (Å²) in [4.78, 5) is 13.1. The normalized spacial score (nSPS) is 16.3.